The highest BCUT2D eigenvalue weighted by Crippen LogP contribution is 2.34. The van der Waals surface area contributed by atoms with E-state index in [0.717, 1.165) is 23.5 Å². The van der Waals surface area contributed by atoms with Crippen LogP contribution in [0.2, 0.25) is 0 Å². The van der Waals surface area contributed by atoms with Crippen LogP contribution in [-0.2, 0) is 0 Å². The number of nitrogens with two attached hydrogens (primary N) is 1. The molecule has 4 heteroatoms. The maximum atomic E-state index is 5.44. The zero-order chi connectivity index (χ0) is 9.97. The molecule has 4 nitrogen and oxygen atoms in total. The molecular weight excluding hydrogens is 180 g/mol. The average molecular weight is 194 g/mol. The van der Waals surface area contributed by atoms with Crippen molar-refractivity contribution in [1.29, 1.82) is 0 Å². The lowest BCUT2D eigenvalue weighted by molar-refractivity contribution is 0.174. The molecule has 0 saturated heterocycles. The monoisotopic (exact) mass is 194 g/mol. The summed E-state index contributed by atoms with van der Waals surface area (Å²) in [5, 5.41) is 0. The molecule has 0 aliphatic carbocycles. The Hall–Kier alpha value is -1.26. The second-order valence-corrected chi connectivity index (χ2v) is 3.24. The molecule has 1 aromatic rings. The summed E-state index contributed by atoms with van der Waals surface area (Å²) < 4.78 is 10.5. The molecular formula is C10H14N2O2. The van der Waals surface area contributed by atoms with Crippen LogP contribution >= 0.6 is 0 Å². The predicted octanol–water partition coefficient (Wildman–Crippen LogP) is 1.33. The number of hydrazine groups is 1. The number of hydrogen-bond acceptors (Lipinski definition) is 4. The van der Waals surface area contributed by atoms with Crippen LogP contribution in [-0.4, -0.2) is 6.79 Å². The molecule has 14 heavy (non-hydrogen) atoms. The molecule has 1 aliphatic rings. The number of rotatable bonds is 3. The average Bonchev–Trinajstić information content (AvgIpc) is 2.66. The lowest BCUT2D eigenvalue weighted by Crippen LogP contribution is -2.27. The number of benzene rings is 1. The summed E-state index contributed by atoms with van der Waals surface area (Å²) in [6.45, 7) is 2.39. The fourth-order valence-electron chi connectivity index (χ4n) is 1.58. The molecule has 0 saturated carbocycles. The van der Waals surface area contributed by atoms with Gasteiger partial charge in [-0.15, -0.1) is 0 Å². The van der Waals surface area contributed by atoms with Gasteiger partial charge in [0.2, 0.25) is 6.79 Å². The second kappa shape index (κ2) is 3.86. The standard InChI is InChI=1S/C10H14N2O2/c1-2-8(12-11)7-3-4-9-10(5-7)14-6-13-9/h3-5,8,12H,2,6,11H2,1H3/t8-/m0/s1. The van der Waals surface area contributed by atoms with Crippen molar-refractivity contribution in [3.05, 3.63) is 23.8 Å². The molecule has 0 radical (unpaired) electrons. The zero-order valence-electron chi connectivity index (χ0n) is 8.12. The van der Waals surface area contributed by atoms with Crippen LogP contribution < -0.4 is 20.7 Å². The van der Waals surface area contributed by atoms with Crippen molar-refractivity contribution in [2.45, 2.75) is 19.4 Å². The summed E-state index contributed by atoms with van der Waals surface area (Å²) in [4.78, 5) is 0. The van der Waals surface area contributed by atoms with Gasteiger partial charge in [-0.1, -0.05) is 13.0 Å². The summed E-state index contributed by atoms with van der Waals surface area (Å²) in [5.41, 5.74) is 3.89. The zero-order valence-corrected chi connectivity index (χ0v) is 8.12. The smallest absolute Gasteiger partial charge is 0.231 e. The third-order valence-corrected chi connectivity index (χ3v) is 2.41. The SMILES string of the molecule is CC[C@H](NN)c1ccc2c(c1)OCO2. The molecule has 76 valence electrons. The lowest BCUT2D eigenvalue weighted by Gasteiger charge is -2.13. The van der Waals surface area contributed by atoms with Gasteiger partial charge >= 0.3 is 0 Å². The van der Waals surface area contributed by atoms with E-state index in [4.69, 9.17) is 15.3 Å². The number of ether oxygens (including phenoxy) is 2. The third-order valence-electron chi connectivity index (χ3n) is 2.41. The van der Waals surface area contributed by atoms with Gasteiger partial charge in [0.15, 0.2) is 11.5 Å². The van der Waals surface area contributed by atoms with E-state index in [1.165, 1.54) is 0 Å². The van der Waals surface area contributed by atoms with Gasteiger partial charge in [-0.05, 0) is 24.1 Å². The first-order valence-corrected chi connectivity index (χ1v) is 4.71. The Bertz CT molecular complexity index is 324. The van der Waals surface area contributed by atoms with Gasteiger partial charge in [0.1, 0.15) is 0 Å². The summed E-state index contributed by atoms with van der Waals surface area (Å²) in [7, 11) is 0. The Morgan fingerprint density at radius 3 is 2.93 bits per heavy atom. The van der Waals surface area contributed by atoms with Gasteiger partial charge in [0.25, 0.3) is 0 Å². The lowest BCUT2D eigenvalue weighted by atomic mass is 10.0. The van der Waals surface area contributed by atoms with Crippen LogP contribution in [0.1, 0.15) is 24.9 Å². The van der Waals surface area contributed by atoms with Gasteiger partial charge in [-0.25, -0.2) is 0 Å². The number of nitrogens with one attached hydrogen (secondary N) is 1. The topological polar surface area (TPSA) is 56.5 Å². The van der Waals surface area contributed by atoms with Crippen molar-refractivity contribution >= 4 is 0 Å². The van der Waals surface area contributed by atoms with E-state index in [1.807, 2.05) is 18.2 Å². The van der Waals surface area contributed by atoms with Crippen LogP contribution in [0.5, 0.6) is 11.5 Å². The van der Waals surface area contributed by atoms with E-state index in [0.29, 0.717) is 6.79 Å². The second-order valence-electron chi connectivity index (χ2n) is 3.24. The molecule has 0 spiro atoms. The minimum Gasteiger partial charge on any atom is -0.454 e. The molecule has 0 amide bonds. The van der Waals surface area contributed by atoms with Gasteiger partial charge < -0.3 is 9.47 Å². The molecule has 0 unspecified atom stereocenters. The normalized spacial score (nSPS) is 15.6. The molecule has 1 aromatic carbocycles. The van der Waals surface area contributed by atoms with Crippen molar-refractivity contribution in [3.8, 4) is 11.5 Å². The highest BCUT2D eigenvalue weighted by Gasteiger charge is 2.15. The molecule has 0 aromatic heterocycles. The number of fused-ring (bicyclic) bond motifs is 1. The van der Waals surface area contributed by atoms with Gasteiger partial charge in [0.05, 0.1) is 0 Å². The summed E-state index contributed by atoms with van der Waals surface area (Å²) >= 11 is 0. The van der Waals surface area contributed by atoms with Crippen molar-refractivity contribution in [3.63, 3.8) is 0 Å². The van der Waals surface area contributed by atoms with Crippen LogP contribution in [0.15, 0.2) is 18.2 Å². The van der Waals surface area contributed by atoms with Gasteiger partial charge in [0, 0.05) is 6.04 Å². The highest BCUT2D eigenvalue weighted by molar-refractivity contribution is 5.45. The largest absolute Gasteiger partial charge is 0.454 e. The maximum absolute atomic E-state index is 5.44. The summed E-state index contributed by atoms with van der Waals surface area (Å²) in [6, 6.07) is 6.06. The van der Waals surface area contributed by atoms with Crippen LogP contribution in [0, 0.1) is 0 Å². The van der Waals surface area contributed by atoms with Crippen LogP contribution in [0.3, 0.4) is 0 Å². The molecule has 0 bridgehead atoms. The van der Waals surface area contributed by atoms with E-state index in [1.54, 1.807) is 0 Å². The fourth-order valence-corrected chi connectivity index (χ4v) is 1.58. The Balaban J connectivity index is 2.27. The first-order valence-electron chi connectivity index (χ1n) is 4.71. The van der Waals surface area contributed by atoms with E-state index in [9.17, 15) is 0 Å². The first-order chi connectivity index (χ1) is 6.85. The van der Waals surface area contributed by atoms with Crippen molar-refractivity contribution in [1.82, 2.24) is 5.43 Å². The summed E-state index contributed by atoms with van der Waals surface area (Å²) in [6.07, 6.45) is 0.941. The van der Waals surface area contributed by atoms with Gasteiger partial charge in [-0.3, -0.25) is 11.3 Å². The number of hydrogen-bond donors (Lipinski definition) is 2. The molecule has 1 heterocycles. The van der Waals surface area contributed by atoms with Crippen molar-refractivity contribution < 1.29 is 9.47 Å². The van der Waals surface area contributed by atoms with E-state index < -0.39 is 0 Å². The quantitative estimate of drug-likeness (QED) is 0.563. The molecule has 0 fully saturated rings. The Kier molecular flexibility index (Phi) is 2.56. The van der Waals surface area contributed by atoms with E-state index >= 15 is 0 Å². The Morgan fingerprint density at radius 1 is 1.43 bits per heavy atom. The van der Waals surface area contributed by atoms with E-state index in [-0.39, 0.29) is 6.04 Å². The Morgan fingerprint density at radius 2 is 2.21 bits per heavy atom. The molecule has 1 atom stereocenters. The minimum atomic E-state index is 0.171. The Labute approximate surface area is 83.0 Å². The predicted molar refractivity (Wildman–Crippen MR) is 52.9 cm³/mol. The van der Waals surface area contributed by atoms with Gasteiger partial charge in [-0.2, -0.15) is 0 Å². The first kappa shape index (κ1) is 9.30. The van der Waals surface area contributed by atoms with Crippen molar-refractivity contribution in [2.75, 3.05) is 6.79 Å². The van der Waals surface area contributed by atoms with Crippen molar-refractivity contribution in [2.24, 2.45) is 5.84 Å². The molecule has 1 aliphatic heterocycles. The molecule has 3 N–H and O–H groups in total. The van der Waals surface area contributed by atoms with Crippen LogP contribution in [0.25, 0.3) is 0 Å². The highest BCUT2D eigenvalue weighted by atomic mass is 16.7. The van der Waals surface area contributed by atoms with E-state index in [2.05, 4.69) is 12.3 Å². The fraction of sp³-hybridized carbons (Fsp3) is 0.400. The summed E-state index contributed by atoms with van der Waals surface area (Å²) in [5.74, 6) is 7.05. The third kappa shape index (κ3) is 1.54. The minimum absolute atomic E-state index is 0.171. The van der Waals surface area contributed by atoms with Crippen LogP contribution in [0.4, 0.5) is 0 Å². The maximum Gasteiger partial charge on any atom is 0.231 e. The molecule has 2 rings (SSSR count).